The van der Waals surface area contributed by atoms with Gasteiger partial charge in [-0.05, 0) is 12.0 Å². The average Bonchev–Trinajstić information content (AvgIpc) is 2.49. The Balaban J connectivity index is 2.62. The molecule has 0 aliphatic heterocycles. The van der Waals surface area contributed by atoms with Crippen molar-refractivity contribution in [2.45, 2.75) is 26.1 Å². The molecule has 90 valence electrons. The molecule has 1 rings (SSSR count). The van der Waals surface area contributed by atoms with E-state index in [-0.39, 0.29) is 6.42 Å². The smallest absolute Gasteiger partial charge is 0.408 e. The lowest BCUT2D eigenvalue weighted by molar-refractivity contribution is -0.143. The lowest BCUT2D eigenvalue weighted by atomic mass is 10.0. The van der Waals surface area contributed by atoms with E-state index in [1.165, 1.54) is 19.3 Å². The van der Waals surface area contributed by atoms with Gasteiger partial charge in [-0.25, -0.2) is 0 Å². The largest absolute Gasteiger partial charge is 0.481 e. The molecular formula is C9H11F3N2O2. The molecule has 16 heavy (non-hydrogen) atoms. The highest BCUT2D eigenvalue weighted by Gasteiger charge is 2.28. The highest BCUT2D eigenvalue weighted by atomic mass is 19.4. The highest BCUT2D eigenvalue weighted by molar-refractivity contribution is 5.69. The van der Waals surface area contributed by atoms with Gasteiger partial charge in [0.2, 0.25) is 0 Å². The second kappa shape index (κ2) is 4.54. The Morgan fingerprint density at radius 3 is 2.75 bits per heavy atom. The predicted molar refractivity (Wildman–Crippen MR) is 48.8 cm³/mol. The monoisotopic (exact) mass is 236 g/mol. The Kier molecular flexibility index (Phi) is 3.56. The standard InChI is InChI=1S/C9H11F3N2O2/c1-6(8(15)16)2-7-3-13-14(4-7)5-9(10,11)12/h3-4,6H,2,5H2,1H3,(H,15,16). The maximum Gasteiger partial charge on any atom is 0.408 e. The first-order valence-corrected chi connectivity index (χ1v) is 4.59. The normalized spacial score (nSPS) is 13.8. The molecule has 1 aromatic heterocycles. The Morgan fingerprint density at radius 1 is 1.62 bits per heavy atom. The summed E-state index contributed by atoms with van der Waals surface area (Å²) in [4.78, 5) is 10.5. The molecule has 0 aliphatic rings. The van der Waals surface area contributed by atoms with Gasteiger partial charge in [-0.1, -0.05) is 6.92 Å². The minimum atomic E-state index is -4.32. The van der Waals surface area contributed by atoms with E-state index < -0.39 is 24.6 Å². The maximum atomic E-state index is 12.0. The zero-order chi connectivity index (χ0) is 12.3. The molecule has 0 bridgehead atoms. The Morgan fingerprint density at radius 2 is 2.25 bits per heavy atom. The summed E-state index contributed by atoms with van der Waals surface area (Å²) in [7, 11) is 0. The first kappa shape index (κ1) is 12.5. The minimum Gasteiger partial charge on any atom is -0.481 e. The minimum absolute atomic E-state index is 0.174. The summed E-state index contributed by atoms with van der Waals surface area (Å²) < 4.78 is 36.7. The zero-order valence-corrected chi connectivity index (χ0v) is 8.53. The summed E-state index contributed by atoms with van der Waals surface area (Å²) in [6.45, 7) is 0.331. The van der Waals surface area contributed by atoms with Gasteiger partial charge in [0.25, 0.3) is 0 Å². The predicted octanol–water partition coefficient (Wildman–Crippen LogP) is 1.71. The molecule has 0 saturated carbocycles. The number of alkyl halides is 3. The molecule has 1 atom stereocenters. The number of carbonyl (C=O) groups is 1. The van der Waals surface area contributed by atoms with E-state index in [9.17, 15) is 18.0 Å². The maximum absolute atomic E-state index is 12.0. The van der Waals surface area contributed by atoms with Crippen molar-refractivity contribution < 1.29 is 23.1 Å². The van der Waals surface area contributed by atoms with Crippen LogP contribution in [0, 0.1) is 5.92 Å². The average molecular weight is 236 g/mol. The van der Waals surface area contributed by atoms with Crippen LogP contribution in [0.25, 0.3) is 0 Å². The first-order valence-electron chi connectivity index (χ1n) is 4.59. The molecular weight excluding hydrogens is 225 g/mol. The Bertz CT molecular complexity index is 373. The summed E-state index contributed by atoms with van der Waals surface area (Å²) in [6, 6.07) is 0. The van der Waals surface area contributed by atoms with E-state index in [1.54, 1.807) is 0 Å². The first-order chi connectivity index (χ1) is 7.28. The second-order valence-electron chi connectivity index (χ2n) is 3.60. The van der Waals surface area contributed by atoms with E-state index in [1.807, 2.05) is 0 Å². The summed E-state index contributed by atoms with van der Waals surface area (Å²) in [5, 5.41) is 12.1. The van der Waals surface area contributed by atoms with Crippen LogP contribution in [0.15, 0.2) is 12.4 Å². The van der Waals surface area contributed by atoms with Crippen LogP contribution >= 0.6 is 0 Å². The van der Waals surface area contributed by atoms with Gasteiger partial charge in [0.05, 0.1) is 12.1 Å². The van der Waals surface area contributed by atoms with Crippen molar-refractivity contribution in [1.29, 1.82) is 0 Å². The molecule has 0 amide bonds. The van der Waals surface area contributed by atoms with Crippen LogP contribution in [-0.2, 0) is 17.8 Å². The third-order valence-corrected chi connectivity index (χ3v) is 1.99. The number of aliphatic carboxylic acids is 1. The lowest BCUT2D eigenvalue weighted by Crippen LogP contribution is -2.18. The van der Waals surface area contributed by atoms with Crippen LogP contribution in [0.4, 0.5) is 13.2 Å². The molecule has 4 nitrogen and oxygen atoms in total. The Labute approximate surface area is 89.7 Å². The number of hydrogen-bond donors (Lipinski definition) is 1. The molecule has 0 spiro atoms. The van der Waals surface area contributed by atoms with E-state index in [2.05, 4.69) is 5.10 Å². The van der Waals surface area contributed by atoms with Gasteiger partial charge < -0.3 is 5.11 Å². The van der Waals surface area contributed by atoms with Gasteiger partial charge in [0.15, 0.2) is 0 Å². The molecule has 0 aromatic carbocycles. The molecule has 1 N–H and O–H groups in total. The van der Waals surface area contributed by atoms with Gasteiger partial charge in [0, 0.05) is 6.20 Å². The van der Waals surface area contributed by atoms with Gasteiger partial charge in [-0.2, -0.15) is 18.3 Å². The van der Waals surface area contributed by atoms with Crippen LogP contribution < -0.4 is 0 Å². The van der Waals surface area contributed by atoms with Crippen LogP contribution in [0.5, 0.6) is 0 Å². The summed E-state index contributed by atoms with van der Waals surface area (Å²) >= 11 is 0. The highest BCUT2D eigenvalue weighted by Crippen LogP contribution is 2.17. The van der Waals surface area contributed by atoms with Gasteiger partial charge in [0.1, 0.15) is 6.54 Å². The van der Waals surface area contributed by atoms with Crippen molar-refractivity contribution >= 4 is 5.97 Å². The third kappa shape index (κ3) is 3.92. The molecule has 1 unspecified atom stereocenters. The molecule has 1 aromatic rings. The summed E-state index contributed by atoms with van der Waals surface area (Å²) in [6.07, 6.45) is -1.67. The number of aromatic nitrogens is 2. The van der Waals surface area contributed by atoms with Crippen molar-refractivity contribution in [3.8, 4) is 0 Å². The van der Waals surface area contributed by atoms with Gasteiger partial charge in [-0.3, -0.25) is 9.48 Å². The molecule has 7 heteroatoms. The van der Waals surface area contributed by atoms with Crippen molar-refractivity contribution in [3.05, 3.63) is 18.0 Å². The van der Waals surface area contributed by atoms with E-state index in [0.717, 1.165) is 4.68 Å². The molecule has 0 fully saturated rings. The zero-order valence-electron chi connectivity index (χ0n) is 8.53. The quantitative estimate of drug-likeness (QED) is 0.865. The summed E-state index contributed by atoms with van der Waals surface area (Å²) in [5.74, 6) is -1.62. The van der Waals surface area contributed by atoms with Crippen LogP contribution in [0.3, 0.4) is 0 Å². The van der Waals surface area contributed by atoms with Crippen LogP contribution in [0.2, 0.25) is 0 Å². The number of halogens is 3. The van der Waals surface area contributed by atoms with Gasteiger partial charge >= 0.3 is 12.1 Å². The molecule has 0 aliphatic carbocycles. The lowest BCUT2D eigenvalue weighted by Gasteiger charge is -2.05. The second-order valence-corrected chi connectivity index (χ2v) is 3.60. The van der Waals surface area contributed by atoms with Crippen LogP contribution in [0.1, 0.15) is 12.5 Å². The fraction of sp³-hybridized carbons (Fsp3) is 0.556. The van der Waals surface area contributed by atoms with E-state index in [0.29, 0.717) is 5.56 Å². The number of carboxylic acids is 1. The van der Waals surface area contributed by atoms with Crippen molar-refractivity contribution in [2.75, 3.05) is 0 Å². The Hall–Kier alpha value is -1.53. The topological polar surface area (TPSA) is 55.1 Å². The van der Waals surface area contributed by atoms with Crippen molar-refractivity contribution in [3.63, 3.8) is 0 Å². The molecule has 0 radical (unpaired) electrons. The van der Waals surface area contributed by atoms with Crippen LogP contribution in [-0.4, -0.2) is 27.0 Å². The SMILES string of the molecule is CC(Cc1cnn(CC(F)(F)F)c1)C(=O)O. The van der Waals surface area contributed by atoms with Crippen molar-refractivity contribution in [2.24, 2.45) is 5.92 Å². The molecule has 0 saturated heterocycles. The number of rotatable bonds is 4. The number of hydrogen-bond acceptors (Lipinski definition) is 2. The van der Waals surface area contributed by atoms with Crippen molar-refractivity contribution in [1.82, 2.24) is 9.78 Å². The number of carboxylic acid groups (broad SMARTS) is 1. The molecule has 1 heterocycles. The van der Waals surface area contributed by atoms with E-state index in [4.69, 9.17) is 5.11 Å². The fourth-order valence-corrected chi connectivity index (χ4v) is 1.22. The van der Waals surface area contributed by atoms with Gasteiger partial charge in [-0.15, -0.1) is 0 Å². The van der Waals surface area contributed by atoms with E-state index >= 15 is 0 Å². The number of nitrogens with zero attached hydrogens (tertiary/aromatic N) is 2. The third-order valence-electron chi connectivity index (χ3n) is 1.99. The fourth-order valence-electron chi connectivity index (χ4n) is 1.22. The summed E-state index contributed by atoms with van der Waals surface area (Å²) in [5.41, 5.74) is 0.485.